The molecule has 0 heterocycles. The summed E-state index contributed by atoms with van der Waals surface area (Å²) in [5, 5.41) is 6.34. The molecule has 0 fully saturated rings. The number of para-hydroxylation sites is 1. The molecule has 3 N–H and O–H groups in total. The number of hydrogen-bond acceptors (Lipinski definition) is 4. The number of sulfonamides is 1. The molecule has 0 spiro atoms. The topological polar surface area (TPSA) is 91.8 Å². The molecule has 0 atom stereocenters. The van der Waals surface area contributed by atoms with E-state index < -0.39 is 10.0 Å². The standard InChI is InChI=1S/C15H26N4O3S.HI/c1-4-23(20,21)19-11-7-10-17-15(16-2)18-12-13-8-5-6-9-14(13)22-3;/h5-6,8-9,19H,4,7,10-12H2,1-3H3,(H2,16,17,18);1H. The van der Waals surface area contributed by atoms with Crippen molar-refractivity contribution in [2.75, 3.05) is 33.0 Å². The largest absolute Gasteiger partial charge is 0.496 e. The molecule has 0 aliphatic rings. The number of nitrogens with one attached hydrogen (secondary N) is 3. The van der Waals surface area contributed by atoms with Crippen molar-refractivity contribution in [1.29, 1.82) is 0 Å². The van der Waals surface area contributed by atoms with E-state index in [0.29, 0.717) is 32.0 Å². The van der Waals surface area contributed by atoms with Gasteiger partial charge in [-0.3, -0.25) is 4.99 Å². The summed E-state index contributed by atoms with van der Waals surface area (Å²) in [6, 6.07) is 7.77. The third-order valence-corrected chi connectivity index (χ3v) is 4.61. The summed E-state index contributed by atoms with van der Waals surface area (Å²) in [5.74, 6) is 1.58. The fraction of sp³-hybridized carbons (Fsp3) is 0.533. The van der Waals surface area contributed by atoms with Gasteiger partial charge in [-0.15, -0.1) is 24.0 Å². The van der Waals surface area contributed by atoms with Crippen LogP contribution in [0.1, 0.15) is 18.9 Å². The van der Waals surface area contributed by atoms with Crippen LogP contribution in [0.15, 0.2) is 29.3 Å². The Morgan fingerprint density at radius 3 is 2.54 bits per heavy atom. The third kappa shape index (κ3) is 8.69. The van der Waals surface area contributed by atoms with Crippen molar-refractivity contribution in [2.24, 2.45) is 4.99 Å². The molecule has 0 radical (unpaired) electrons. The Labute approximate surface area is 161 Å². The van der Waals surface area contributed by atoms with Gasteiger partial charge in [0.25, 0.3) is 0 Å². The number of aliphatic imine (C=N–C) groups is 1. The van der Waals surface area contributed by atoms with Gasteiger partial charge in [0.2, 0.25) is 10.0 Å². The summed E-state index contributed by atoms with van der Waals surface area (Å²) in [6.07, 6.45) is 0.675. The lowest BCUT2D eigenvalue weighted by Crippen LogP contribution is -2.38. The second kappa shape index (κ2) is 12.3. The molecule has 0 saturated heterocycles. The van der Waals surface area contributed by atoms with Gasteiger partial charge in [0.05, 0.1) is 12.9 Å². The average molecular weight is 470 g/mol. The molecule has 0 unspecified atom stereocenters. The van der Waals surface area contributed by atoms with Gasteiger partial charge in [-0.25, -0.2) is 13.1 Å². The lowest BCUT2D eigenvalue weighted by atomic mass is 10.2. The highest BCUT2D eigenvalue weighted by molar-refractivity contribution is 14.0. The van der Waals surface area contributed by atoms with Crippen molar-refractivity contribution in [3.05, 3.63) is 29.8 Å². The number of hydrogen-bond donors (Lipinski definition) is 3. The molecular formula is C15H27IN4O3S. The summed E-state index contributed by atoms with van der Waals surface area (Å²) < 4.78 is 30.4. The number of methoxy groups -OCH3 is 1. The summed E-state index contributed by atoms with van der Waals surface area (Å²) >= 11 is 0. The number of guanidine groups is 1. The second-order valence-electron chi connectivity index (χ2n) is 4.82. The van der Waals surface area contributed by atoms with Gasteiger partial charge >= 0.3 is 0 Å². The zero-order chi connectivity index (χ0) is 17.1. The summed E-state index contributed by atoms with van der Waals surface area (Å²) in [5.41, 5.74) is 1.04. The van der Waals surface area contributed by atoms with E-state index in [1.54, 1.807) is 21.1 Å². The first-order valence-electron chi connectivity index (χ1n) is 7.56. The number of rotatable bonds is 9. The smallest absolute Gasteiger partial charge is 0.211 e. The third-order valence-electron chi connectivity index (χ3n) is 3.21. The minimum absolute atomic E-state index is 0. The van der Waals surface area contributed by atoms with Gasteiger partial charge in [0.1, 0.15) is 5.75 Å². The Hall–Kier alpha value is -1.07. The van der Waals surface area contributed by atoms with Crippen LogP contribution in [-0.2, 0) is 16.6 Å². The Bertz CT molecular complexity index is 608. The maximum atomic E-state index is 11.3. The predicted molar refractivity (Wildman–Crippen MR) is 109 cm³/mol. The van der Waals surface area contributed by atoms with Gasteiger partial charge < -0.3 is 15.4 Å². The first kappa shape index (κ1) is 22.9. The van der Waals surface area contributed by atoms with Crippen molar-refractivity contribution >= 4 is 40.0 Å². The molecule has 138 valence electrons. The SMILES string of the molecule is CCS(=O)(=O)NCCCNC(=NC)NCc1ccccc1OC.I. The van der Waals surface area contributed by atoms with Crippen molar-refractivity contribution in [3.63, 3.8) is 0 Å². The lowest BCUT2D eigenvalue weighted by molar-refractivity contribution is 0.409. The van der Waals surface area contributed by atoms with E-state index in [4.69, 9.17) is 4.74 Å². The van der Waals surface area contributed by atoms with Gasteiger partial charge in [0, 0.05) is 32.2 Å². The van der Waals surface area contributed by atoms with Gasteiger partial charge in [-0.1, -0.05) is 18.2 Å². The molecule has 24 heavy (non-hydrogen) atoms. The number of benzene rings is 1. The van der Waals surface area contributed by atoms with E-state index in [1.165, 1.54) is 0 Å². The van der Waals surface area contributed by atoms with Crippen molar-refractivity contribution < 1.29 is 13.2 Å². The molecular weight excluding hydrogens is 443 g/mol. The highest BCUT2D eigenvalue weighted by Gasteiger charge is 2.05. The molecule has 1 aromatic rings. The van der Waals surface area contributed by atoms with Crippen LogP contribution >= 0.6 is 24.0 Å². The molecule has 0 amide bonds. The fourth-order valence-electron chi connectivity index (χ4n) is 1.87. The Morgan fingerprint density at radius 1 is 1.21 bits per heavy atom. The molecule has 0 bridgehead atoms. The van der Waals surface area contributed by atoms with Crippen LogP contribution in [0.5, 0.6) is 5.75 Å². The number of nitrogens with zero attached hydrogens (tertiary/aromatic N) is 1. The predicted octanol–water partition coefficient (Wildman–Crippen LogP) is 1.31. The molecule has 0 aromatic heterocycles. The van der Waals surface area contributed by atoms with Crippen molar-refractivity contribution in [2.45, 2.75) is 19.9 Å². The minimum atomic E-state index is -3.12. The fourth-order valence-corrected chi connectivity index (χ4v) is 2.53. The maximum absolute atomic E-state index is 11.3. The van der Waals surface area contributed by atoms with Crippen molar-refractivity contribution in [1.82, 2.24) is 15.4 Å². The van der Waals surface area contributed by atoms with E-state index in [1.807, 2.05) is 24.3 Å². The zero-order valence-electron chi connectivity index (χ0n) is 14.3. The van der Waals surface area contributed by atoms with Crippen LogP contribution in [0.4, 0.5) is 0 Å². The maximum Gasteiger partial charge on any atom is 0.211 e. The Morgan fingerprint density at radius 2 is 1.92 bits per heavy atom. The molecule has 1 rings (SSSR count). The van der Waals surface area contributed by atoms with E-state index in [0.717, 1.165) is 11.3 Å². The zero-order valence-corrected chi connectivity index (χ0v) is 17.5. The van der Waals surface area contributed by atoms with Crippen molar-refractivity contribution in [3.8, 4) is 5.75 Å². The molecule has 0 aliphatic heterocycles. The Kier molecular flexibility index (Phi) is 11.8. The summed E-state index contributed by atoms with van der Waals surface area (Å²) in [7, 11) is 0.217. The molecule has 0 aliphatic carbocycles. The van der Waals surface area contributed by atoms with Gasteiger partial charge in [-0.05, 0) is 19.4 Å². The highest BCUT2D eigenvalue weighted by atomic mass is 127. The monoisotopic (exact) mass is 470 g/mol. The van der Waals surface area contributed by atoms with Crippen LogP contribution in [0.2, 0.25) is 0 Å². The molecule has 1 aromatic carbocycles. The Balaban J connectivity index is 0.00000529. The average Bonchev–Trinajstić information content (AvgIpc) is 2.57. The molecule has 7 nitrogen and oxygen atoms in total. The first-order chi connectivity index (χ1) is 11.0. The van der Waals surface area contributed by atoms with Crippen LogP contribution in [-0.4, -0.2) is 47.4 Å². The van der Waals surface area contributed by atoms with E-state index in [2.05, 4.69) is 20.3 Å². The number of ether oxygens (including phenoxy) is 1. The second-order valence-corrected chi connectivity index (χ2v) is 6.91. The molecule has 9 heteroatoms. The van der Waals surface area contributed by atoms with E-state index >= 15 is 0 Å². The van der Waals surface area contributed by atoms with Crippen LogP contribution < -0.4 is 20.1 Å². The normalized spacial score (nSPS) is 11.5. The molecule has 0 saturated carbocycles. The van der Waals surface area contributed by atoms with E-state index in [-0.39, 0.29) is 29.7 Å². The van der Waals surface area contributed by atoms with Crippen LogP contribution in [0.25, 0.3) is 0 Å². The van der Waals surface area contributed by atoms with E-state index in [9.17, 15) is 8.42 Å². The quantitative estimate of drug-likeness (QED) is 0.219. The van der Waals surface area contributed by atoms with Crippen LogP contribution in [0.3, 0.4) is 0 Å². The lowest BCUT2D eigenvalue weighted by Gasteiger charge is -2.13. The number of halogens is 1. The van der Waals surface area contributed by atoms with Crippen LogP contribution in [0, 0.1) is 0 Å². The highest BCUT2D eigenvalue weighted by Crippen LogP contribution is 2.16. The summed E-state index contributed by atoms with van der Waals surface area (Å²) in [6.45, 7) is 3.24. The summed E-state index contributed by atoms with van der Waals surface area (Å²) in [4.78, 5) is 4.14. The van der Waals surface area contributed by atoms with Gasteiger partial charge in [0.15, 0.2) is 5.96 Å². The first-order valence-corrected chi connectivity index (χ1v) is 9.21. The van der Waals surface area contributed by atoms with Gasteiger partial charge in [-0.2, -0.15) is 0 Å². The minimum Gasteiger partial charge on any atom is -0.496 e.